The highest BCUT2D eigenvalue weighted by molar-refractivity contribution is 5.89. The van der Waals surface area contributed by atoms with Gasteiger partial charge in [0, 0.05) is 33.1 Å². The molecule has 1 atom stereocenters. The fraction of sp³-hybridized carbons (Fsp3) is 0.440. The third-order valence-corrected chi connectivity index (χ3v) is 6.00. The van der Waals surface area contributed by atoms with Crippen LogP contribution in [0.1, 0.15) is 38.2 Å². The third-order valence-electron chi connectivity index (χ3n) is 6.00. The first-order valence-corrected chi connectivity index (χ1v) is 12.0. The molecule has 1 aromatic carbocycles. The number of anilines is 2. The maximum Gasteiger partial charge on any atom is 0.426 e. The van der Waals surface area contributed by atoms with Crippen molar-refractivity contribution in [1.29, 1.82) is 0 Å². The van der Waals surface area contributed by atoms with Crippen LogP contribution in [-0.2, 0) is 27.9 Å². The summed E-state index contributed by atoms with van der Waals surface area (Å²) in [5.41, 5.74) is 8.54. The lowest BCUT2D eigenvalue weighted by Crippen LogP contribution is -2.36. The maximum absolute atomic E-state index is 12.3. The average Bonchev–Trinajstić information content (AvgIpc) is 3.21. The molecule has 0 aliphatic carbocycles. The summed E-state index contributed by atoms with van der Waals surface area (Å²) >= 11 is 0. The van der Waals surface area contributed by atoms with Crippen LogP contribution in [0.4, 0.5) is 16.3 Å². The van der Waals surface area contributed by atoms with E-state index in [0.29, 0.717) is 43.6 Å². The molecule has 1 saturated heterocycles. The van der Waals surface area contributed by atoms with Gasteiger partial charge in [0.2, 0.25) is 5.91 Å². The maximum atomic E-state index is 12.3. The summed E-state index contributed by atoms with van der Waals surface area (Å²) in [6.45, 7) is 8.35. The molecule has 1 aliphatic heterocycles. The molecule has 0 bridgehead atoms. The second-order valence-electron chi connectivity index (χ2n) is 9.06. The topological polar surface area (TPSA) is 123 Å². The Morgan fingerprint density at radius 2 is 1.86 bits per heavy atom. The van der Waals surface area contributed by atoms with E-state index in [1.165, 1.54) is 6.92 Å². The standard InChI is InChI=1S/C25H33N7O4/c1-16(2)21(26-17(3)33)23-28-22-19(32-10-12-35-13-11-32)14-20(27-24(22)31(23)4)29-30-25(34)36-15-18-8-6-5-7-9-18/h5-9,14,16,21H,10-13,15H2,1-4H3,(H,26,33)(H,27,29)(H,30,34). The average molecular weight is 496 g/mol. The van der Waals surface area contributed by atoms with Crippen molar-refractivity contribution in [1.82, 2.24) is 25.3 Å². The quantitative estimate of drug-likeness (QED) is 0.408. The normalized spacial score (nSPS) is 14.5. The predicted octanol–water partition coefficient (Wildman–Crippen LogP) is 2.89. The molecule has 36 heavy (non-hydrogen) atoms. The number of pyridine rings is 1. The Bertz CT molecular complexity index is 1210. The fourth-order valence-electron chi connectivity index (χ4n) is 4.16. The number of amides is 2. The highest BCUT2D eigenvalue weighted by Crippen LogP contribution is 2.32. The van der Waals surface area contributed by atoms with Crippen LogP contribution in [0.25, 0.3) is 11.2 Å². The van der Waals surface area contributed by atoms with Crippen LogP contribution < -0.4 is 21.1 Å². The van der Waals surface area contributed by atoms with Gasteiger partial charge in [-0.1, -0.05) is 44.2 Å². The molecule has 3 N–H and O–H groups in total. The minimum atomic E-state index is -0.620. The van der Waals surface area contributed by atoms with E-state index in [2.05, 4.69) is 21.1 Å². The Labute approximate surface area is 210 Å². The van der Waals surface area contributed by atoms with Gasteiger partial charge in [0.25, 0.3) is 0 Å². The summed E-state index contributed by atoms with van der Waals surface area (Å²) in [5.74, 6) is 1.15. The summed E-state index contributed by atoms with van der Waals surface area (Å²) in [6.07, 6.45) is -0.620. The van der Waals surface area contributed by atoms with Crippen LogP contribution in [0.2, 0.25) is 0 Å². The molecule has 3 aromatic rings. The van der Waals surface area contributed by atoms with Gasteiger partial charge in [0.15, 0.2) is 5.65 Å². The number of nitrogens with zero attached hydrogens (tertiary/aromatic N) is 4. The molecule has 2 amide bonds. The summed E-state index contributed by atoms with van der Waals surface area (Å²) in [4.78, 5) is 36.0. The van der Waals surface area contributed by atoms with Gasteiger partial charge in [0.1, 0.15) is 23.8 Å². The van der Waals surface area contributed by atoms with Crippen LogP contribution in [0, 0.1) is 5.92 Å². The van der Waals surface area contributed by atoms with E-state index in [9.17, 15) is 9.59 Å². The summed E-state index contributed by atoms with van der Waals surface area (Å²) in [6, 6.07) is 11.0. The Balaban J connectivity index is 1.61. The number of hydrogen-bond donors (Lipinski definition) is 3. The molecule has 11 heteroatoms. The molecule has 3 heterocycles. The molecule has 0 radical (unpaired) electrons. The molecule has 0 spiro atoms. The van der Waals surface area contributed by atoms with Crippen LogP contribution in [0.3, 0.4) is 0 Å². The number of aromatic nitrogens is 3. The Morgan fingerprint density at radius 3 is 2.53 bits per heavy atom. The molecule has 0 saturated carbocycles. The number of benzene rings is 1. The minimum Gasteiger partial charge on any atom is -0.443 e. The number of hydrazine groups is 1. The summed E-state index contributed by atoms with van der Waals surface area (Å²) in [5, 5.41) is 3.01. The molecule has 4 rings (SSSR count). The zero-order valence-corrected chi connectivity index (χ0v) is 21.1. The lowest BCUT2D eigenvalue weighted by molar-refractivity contribution is -0.120. The van der Waals surface area contributed by atoms with E-state index in [1.54, 1.807) is 0 Å². The van der Waals surface area contributed by atoms with Crippen LogP contribution >= 0.6 is 0 Å². The van der Waals surface area contributed by atoms with Gasteiger partial charge in [0.05, 0.1) is 24.9 Å². The van der Waals surface area contributed by atoms with Crippen molar-refractivity contribution in [3.8, 4) is 0 Å². The van der Waals surface area contributed by atoms with E-state index in [0.717, 1.165) is 16.8 Å². The number of fused-ring (bicyclic) bond motifs is 1. The number of imidazole rings is 1. The molecule has 192 valence electrons. The number of ether oxygens (including phenoxy) is 2. The predicted molar refractivity (Wildman–Crippen MR) is 136 cm³/mol. The number of nitrogens with one attached hydrogen (secondary N) is 3. The number of morpholine rings is 1. The largest absolute Gasteiger partial charge is 0.443 e. The molecular formula is C25H33N7O4. The Hall–Kier alpha value is -3.86. The first-order chi connectivity index (χ1) is 17.3. The zero-order chi connectivity index (χ0) is 25.7. The fourth-order valence-corrected chi connectivity index (χ4v) is 4.16. The first kappa shape index (κ1) is 25.2. The minimum absolute atomic E-state index is 0.120. The number of carbonyl (C=O) groups excluding carboxylic acids is 2. The van der Waals surface area contributed by atoms with E-state index in [-0.39, 0.29) is 24.5 Å². The summed E-state index contributed by atoms with van der Waals surface area (Å²) in [7, 11) is 1.88. The molecule has 1 unspecified atom stereocenters. The summed E-state index contributed by atoms with van der Waals surface area (Å²) < 4.78 is 12.7. The number of hydrogen-bond acceptors (Lipinski definition) is 8. The molecular weight excluding hydrogens is 462 g/mol. The Kier molecular flexibility index (Phi) is 7.89. The van der Waals surface area contributed by atoms with Crippen molar-refractivity contribution in [2.45, 2.75) is 33.4 Å². The van der Waals surface area contributed by atoms with Crippen molar-refractivity contribution in [2.24, 2.45) is 13.0 Å². The van der Waals surface area contributed by atoms with Gasteiger partial charge in [-0.05, 0) is 11.5 Å². The van der Waals surface area contributed by atoms with Gasteiger partial charge in [-0.15, -0.1) is 0 Å². The van der Waals surface area contributed by atoms with Crippen molar-refractivity contribution in [2.75, 3.05) is 36.6 Å². The number of carbonyl (C=O) groups is 2. The van der Waals surface area contributed by atoms with E-state index in [1.807, 2.05) is 61.9 Å². The number of rotatable bonds is 8. The molecule has 2 aromatic heterocycles. The zero-order valence-electron chi connectivity index (χ0n) is 21.1. The van der Waals surface area contributed by atoms with Crippen molar-refractivity contribution < 1.29 is 19.1 Å². The SMILES string of the molecule is CC(=O)NC(c1nc2c(N3CCOCC3)cc(NNC(=O)OCc3ccccc3)nc2n1C)C(C)C. The second kappa shape index (κ2) is 11.3. The van der Waals surface area contributed by atoms with Crippen molar-refractivity contribution in [3.05, 3.63) is 47.8 Å². The smallest absolute Gasteiger partial charge is 0.426 e. The van der Waals surface area contributed by atoms with Gasteiger partial charge < -0.3 is 24.3 Å². The molecule has 1 aliphatic rings. The highest BCUT2D eigenvalue weighted by Gasteiger charge is 2.26. The second-order valence-corrected chi connectivity index (χ2v) is 9.06. The third kappa shape index (κ3) is 5.85. The van der Waals surface area contributed by atoms with Crippen LogP contribution in [0.15, 0.2) is 36.4 Å². The van der Waals surface area contributed by atoms with Gasteiger partial charge in [-0.3, -0.25) is 10.2 Å². The van der Waals surface area contributed by atoms with E-state index < -0.39 is 6.09 Å². The van der Waals surface area contributed by atoms with Crippen LogP contribution in [-0.4, -0.2) is 52.8 Å². The lowest BCUT2D eigenvalue weighted by atomic mass is 10.0. The van der Waals surface area contributed by atoms with Crippen molar-refractivity contribution >= 4 is 34.7 Å². The molecule has 11 nitrogen and oxygen atoms in total. The van der Waals surface area contributed by atoms with Crippen LogP contribution in [0.5, 0.6) is 0 Å². The van der Waals surface area contributed by atoms with Gasteiger partial charge >= 0.3 is 6.09 Å². The van der Waals surface area contributed by atoms with E-state index in [4.69, 9.17) is 19.4 Å². The monoisotopic (exact) mass is 495 g/mol. The van der Waals surface area contributed by atoms with Gasteiger partial charge in [-0.2, -0.15) is 0 Å². The Morgan fingerprint density at radius 1 is 1.14 bits per heavy atom. The lowest BCUT2D eigenvalue weighted by Gasteiger charge is -2.29. The highest BCUT2D eigenvalue weighted by atomic mass is 16.6. The first-order valence-electron chi connectivity index (χ1n) is 12.0. The van der Waals surface area contributed by atoms with Crippen molar-refractivity contribution in [3.63, 3.8) is 0 Å². The van der Waals surface area contributed by atoms with E-state index >= 15 is 0 Å². The number of aryl methyl sites for hydroxylation is 1. The molecule has 1 fully saturated rings. The van der Waals surface area contributed by atoms with Gasteiger partial charge in [-0.25, -0.2) is 20.2 Å².